The molecule has 2 fully saturated rings. The van der Waals surface area contributed by atoms with Gasteiger partial charge in [-0.15, -0.1) is 11.3 Å². The summed E-state index contributed by atoms with van der Waals surface area (Å²) < 4.78 is 27.7. The number of aliphatic carboxylic acids is 1. The predicted molar refractivity (Wildman–Crippen MR) is 166 cm³/mol. The van der Waals surface area contributed by atoms with Crippen LogP contribution in [0.15, 0.2) is 66.0 Å². The van der Waals surface area contributed by atoms with Crippen molar-refractivity contribution in [2.75, 3.05) is 12.8 Å². The van der Waals surface area contributed by atoms with Crippen molar-refractivity contribution in [1.29, 1.82) is 0 Å². The molecule has 0 bridgehead atoms. The summed E-state index contributed by atoms with van der Waals surface area (Å²) in [6, 6.07) is 17.7. The topological polar surface area (TPSA) is 95.0 Å². The number of carbonyl (C=O) groups is 2. The van der Waals surface area contributed by atoms with Crippen molar-refractivity contribution < 1.29 is 23.1 Å². The first kappa shape index (κ1) is 31.0. The number of amides is 1. The third-order valence-electron chi connectivity index (χ3n) is 8.43. The molecule has 0 spiro atoms. The summed E-state index contributed by atoms with van der Waals surface area (Å²) in [6.07, 6.45) is 2.87. The zero-order valence-electron chi connectivity index (χ0n) is 23.4. The Kier molecular flexibility index (Phi) is 9.07. The maximum atomic E-state index is 14.6. The number of sulfonamides is 1. The molecule has 4 atom stereocenters. The van der Waals surface area contributed by atoms with Crippen molar-refractivity contribution in [2.45, 2.75) is 57.2 Å². The van der Waals surface area contributed by atoms with E-state index >= 15 is 0 Å². The average Bonchev–Trinajstić information content (AvgIpc) is 3.62. The fourth-order valence-corrected chi connectivity index (χ4v) is 8.22. The second-order valence-electron chi connectivity index (χ2n) is 11.7. The first-order valence-electron chi connectivity index (χ1n) is 13.9. The number of halogens is 2. The maximum absolute atomic E-state index is 14.6. The maximum Gasteiger partial charge on any atom is 0.304 e. The van der Waals surface area contributed by atoms with Gasteiger partial charge in [-0.05, 0) is 72.0 Å². The van der Waals surface area contributed by atoms with Gasteiger partial charge in [0.15, 0.2) is 0 Å². The van der Waals surface area contributed by atoms with E-state index in [9.17, 15) is 23.1 Å². The molecule has 42 heavy (non-hydrogen) atoms. The smallest absolute Gasteiger partial charge is 0.304 e. The normalized spacial score (nSPS) is 23.7. The summed E-state index contributed by atoms with van der Waals surface area (Å²) in [7, 11) is -3.63. The second kappa shape index (κ2) is 12.3. The number of hydrogen-bond donors (Lipinski definition) is 1. The average molecular weight is 650 g/mol. The van der Waals surface area contributed by atoms with Crippen molar-refractivity contribution in [3.05, 3.63) is 92.1 Å². The van der Waals surface area contributed by atoms with Crippen LogP contribution < -0.4 is 0 Å². The van der Waals surface area contributed by atoms with E-state index in [4.69, 9.17) is 23.2 Å². The molecule has 2 heterocycles. The molecule has 7 nitrogen and oxygen atoms in total. The molecule has 1 saturated heterocycles. The van der Waals surface area contributed by atoms with Gasteiger partial charge < -0.3 is 10.0 Å². The molecule has 2 unspecified atom stereocenters. The first-order valence-corrected chi connectivity index (χ1v) is 17.4. The monoisotopic (exact) mass is 648 g/mol. The molecular weight excluding hydrogens is 615 g/mol. The van der Waals surface area contributed by atoms with Crippen LogP contribution in [0.2, 0.25) is 10.0 Å². The number of piperidine rings is 1. The Labute approximate surface area is 261 Å². The summed E-state index contributed by atoms with van der Waals surface area (Å²) in [5, 5.41) is 12.9. The molecule has 1 saturated carbocycles. The molecule has 2 aromatic carbocycles. The summed E-state index contributed by atoms with van der Waals surface area (Å²) in [5.41, 5.74) is 0.535. The first-order chi connectivity index (χ1) is 19.9. The highest BCUT2D eigenvalue weighted by atomic mass is 35.5. The Morgan fingerprint density at radius 1 is 1.10 bits per heavy atom. The number of thiophene rings is 1. The molecule has 1 aliphatic heterocycles. The van der Waals surface area contributed by atoms with Gasteiger partial charge in [0, 0.05) is 40.0 Å². The van der Waals surface area contributed by atoms with E-state index in [-0.39, 0.29) is 37.3 Å². The molecule has 5 rings (SSSR count). The fraction of sp³-hybridized carbons (Fsp3) is 0.419. The highest BCUT2D eigenvalue weighted by Gasteiger charge is 2.55. The van der Waals surface area contributed by atoms with Gasteiger partial charge in [0.2, 0.25) is 15.9 Å². The zero-order valence-corrected chi connectivity index (χ0v) is 26.6. The summed E-state index contributed by atoms with van der Waals surface area (Å²) in [4.78, 5) is 29.5. The molecule has 11 heteroatoms. The van der Waals surface area contributed by atoms with Crippen LogP contribution >= 0.6 is 34.5 Å². The molecular formula is C31H34Cl2N2O5S2. The van der Waals surface area contributed by atoms with Gasteiger partial charge in [0.05, 0.1) is 24.1 Å². The van der Waals surface area contributed by atoms with E-state index in [0.717, 1.165) is 28.8 Å². The second-order valence-corrected chi connectivity index (χ2v) is 15.6. The lowest BCUT2D eigenvalue weighted by molar-refractivity contribution is -0.161. The lowest BCUT2D eigenvalue weighted by Crippen LogP contribution is -2.59. The number of carbonyl (C=O) groups excluding carboxylic acids is 1. The Morgan fingerprint density at radius 2 is 1.81 bits per heavy atom. The molecule has 2 aliphatic rings. The predicted octanol–water partition coefficient (Wildman–Crippen LogP) is 6.83. The molecule has 0 radical (unpaired) electrons. The lowest BCUT2D eigenvalue weighted by atomic mass is 9.67. The van der Waals surface area contributed by atoms with Crippen LogP contribution in [0.4, 0.5) is 0 Å². The summed E-state index contributed by atoms with van der Waals surface area (Å²) >= 11 is 14.2. The quantitative estimate of drug-likeness (QED) is 0.246. The van der Waals surface area contributed by atoms with Crippen LogP contribution in [-0.4, -0.2) is 53.4 Å². The van der Waals surface area contributed by atoms with Crippen LogP contribution in [0.1, 0.15) is 60.6 Å². The van der Waals surface area contributed by atoms with Crippen molar-refractivity contribution in [3.63, 3.8) is 0 Å². The van der Waals surface area contributed by atoms with Crippen LogP contribution in [0.25, 0.3) is 0 Å². The minimum atomic E-state index is -3.63. The molecule has 3 aromatic rings. The summed E-state index contributed by atoms with van der Waals surface area (Å²) in [5.74, 6) is -1.54. The van der Waals surface area contributed by atoms with E-state index in [2.05, 4.69) is 0 Å². The third-order valence-corrected chi connectivity index (χ3v) is 11.0. The Balaban J connectivity index is 1.66. The van der Waals surface area contributed by atoms with Crippen molar-refractivity contribution in [2.24, 2.45) is 11.3 Å². The highest BCUT2D eigenvalue weighted by molar-refractivity contribution is 7.88. The van der Waals surface area contributed by atoms with Gasteiger partial charge >= 0.3 is 5.97 Å². The third kappa shape index (κ3) is 6.86. The van der Waals surface area contributed by atoms with Gasteiger partial charge in [0.1, 0.15) is 0 Å². The van der Waals surface area contributed by atoms with Crippen molar-refractivity contribution in [3.8, 4) is 0 Å². The Bertz CT molecular complexity index is 1540. The highest BCUT2D eigenvalue weighted by Crippen LogP contribution is 2.54. The zero-order chi connectivity index (χ0) is 30.2. The van der Waals surface area contributed by atoms with E-state index in [1.807, 2.05) is 52.7 Å². The lowest BCUT2D eigenvalue weighted by Gasteiger charge is -2.52. The van der Waals surface area contributed by atoms with Crippen molar-refractivity contribution in [1.82, 2.24) is 9.21 Å². The molecule has 1 N–H and O–H groups in total. The SMILES string of the molecule is C[C@]1(CC(=O)O)CC(c2cccc(Cl)c2)[C@@H](c2ccc(Cl)cc2)N(C(CN(Cc2cccs2)S(C)(=O)=O)C2CC2)C1=O. The number of likely N-dealkylation sites (tertiary alicyclic amines) is 1. The Morgan fingerprint density at radius 3 is 2.38 bits per heavy atom. The van der Waals surface area contributed by atoms with Crippen LogP contribution in [0, 0.1) is 11.3 Å². The van der Waals surface area contributed by atoms with Crippen LogP contribution in [0.5, 0.6) is 0 Å². The van der Waals surface area contributed by atoms with E-state index in [1.165, 1.54) is 21.9 Å². The van der Waals surface area contributed by atoms with Gasteiger partial charge in [-0.3, -0.25) is 9.59 Å². The number of hydrogen-bond acceptors (Lipinski definition) is 5. The molecule has 1 aromatic heterocycles. The number of rotatable bonds is 11. The van der Waals surface area contributed by atoms with E-state index in [0.29, 0.717) is 16.5 Å². The number of carboxylic acids is 1. The molecule has 224 valence electrons. The number of benzene rings is 2. The number of nitrogens with zero attached hydrogens (tertiary/aromatic N) is 2. The molecule has 1 amide bonds. The summed E-state index contributed by atoms with van der Waals surface area (Å²) in [6.45, 7) is 2.04. The number of carboxylic acid groups (broad SMARTS) is 1. The van der Waals surface area contributed by atoms with Crippen LogP contribution in [0.3, 0.4) is 0 Å². The molecule has 1 aliphatic carbocycles. The van der Waals surface area contributed by atoms with Gasteiger partial charge in [-0.2, -0.15) is 4.31 Å². The minimum Gasteiger partial charge on any atom is -0.481 e. The van der Waals surface area contributed by atoms with E-state index < -0.39 is 33.5 Å². The van der Waals surface area contributed by atoms with E-state index in [1.54, 1.807) is 25.1 Å². The van der Waals surface area contributed by atoms with Gasteiger partial charge in [-0.25, -0.2) is 8.42 Å². The van der Waals surface area contributed by atoms with Gasteiger partial charge in [0.25, 0.3) is 0 Å². The van der Waals surface area contributed by atoms with Crippen molar-refractivity contribution >= 4 is 56.4 Å². The van der Waals surface area contributed by atoms with Gasteiger partial charge in [-0.1, -0.05) is 60.5 Å². The fourth-order valence-electron chi connectivity index (χ4n) is 6.29. The largest absolute Gasteiger partial charge is 0.481 e. The minimum absolute atomic E-state index is 0.0866. The Hall–Kier alpha value is -2.43. The standard InChI is InChI=1S/C31H34Cl2N2O5S2/c1-31(17-28(36)37)16-26(22-5-3-6-24(33)15-22)29(21-10-12-23(32)13-11-21)35(30(31)38)27(20-8-9-20)19-34(42(2,39)40)18-25-7-4-14-41-25/h3-7,10-15,20,26-27,29H,8-9,16-19H2,1-2H3,(H,36,37)/t26?,27?,29-,31-/m1/s1. The van der Waals surface area contributed by atoms with Crippen LogP contribution in [-0.2, 0) is 26.2 Å².